The normalized spacial score (nSPS) is 10.2. The van der Waals surface area contributed by atoms with Gasteiger partial charge < -0.3 is 10.5 Å². The Balaban J connectivity index is 2.02. The van der Waals surface area contributed by atoms with Crippen LogP contribution in [0.3, 0.4) is 0 Å². The molecular formula is C11H10ClN3OS. The summed E-state index contributed by atoms with van der Waals surface area (Å²) in [5.41, 5.74) is 5.35. The number of rotatable bonds is 4. The summed E-state index contributed by atoms with van der Waals surface area (Å²) in [5.74, 6) is 0.639. The van der Waals surface area contributed by atoms with E-state index >= 15 is 0 Å². The molecule has 0 aliphatic heterocycles. The van der Waals surface area contributed by atoms with E-state index in [-0.39, 0.29) is 5.84 Å². The van der Waals surface area contributed by atoms with Crippen LogP contribution in [0.1, 0.15) is 9.88 Å². The summed E-state index contributed by atoms with van der Waals surface area (Å²) in [6.07, 6.45) is 1.57. The van der Waals surface area contributed by atoms with Crippen molar-refractivity contribution in [3.63, 3.8) is 0 Å². The first-order chi connectivity index (χ1) is 8.16. The molecule has 0 atom stereocenters. The number of thiazole rings is 1. The van der Waals surface area contributed by atoms with Gasteiger partial charge in [0.1, 0.15) is 23.2 Å². The number of hydrogen-bond acceptors (Lipinski definition) is 4. The zero-order valence-corrected chi connectivity index (χ0v) is 10.4. The molecule has 0 aliphatic rings. The number of hydrogen-bond donors (Lipinski definition) is 2. The van der Waals surface area contributed by atoms with Gasteiger partial charge in [-0.3, -0.25) is 5.41 Å². The van der Waals surface area contributed by atoms with Gasteiger partial charge in [0.25, 0.3) is 0 Å². The van der Waals surface area contributed by atoms with Crippen LogP contribution in [0.4, 0.5) is 0 Å². The van der Waals surface area contributed by atoms with Crippen LogP contribution in [0.25, 0.3) is 0 Å². The highest BCUT2D eigenvalue weighted by Crippen LogP contribution is 2.24. The van der Waals surface area contributed by atoms with Crippen molar-refractivity contribution in [3.05, 3.63) is 45.4 Å². The Bertz CT molecular complexity index is 541. The molecular weight excluding hydrogens is 258 g/mol. The molecule has 0 spiro atoms. The summed E-state index contributed by atoms with van der Waals surface area (Å²) in [6.45, 7) is 0.321. The topological polar surface area (TPSA) is 72.0 Å². The Morgan fingerprint density at radius 2 is 2.24 bits per heavy atom. The number of halogens is 1. The minimum Gasteiger partial charge on any atom is -0.485 e. The second-order valence-electron chi connectivity index (χ2n) is 3.25. The Hall–Kier alpha value is -1.59. The first-order valence-electron chi connectivity index (χ1n) is 4.83. The van der Waals surface area contributed by atoms with Gasteiger partial charge in [0, 0.05) is 6.20 Å². The number of para-hydroxylation sites is 1. The standard InChI is InChI=1S/C11H10ClN3OS/c12-7-3-1-2-4-8(7)16-6-10-15-5-9(17-10)11(13)14/h1-5H,6H2,(H3,13,14). The highest BCUT2D eigenvalue weighted by molar-refractivity contribution is 7.13. The number of nitrogens with zero attached hydrogens (tertiary/aromatic N) is 1. The van der Waals surface area contributed by atoms with E-state index in [0.717, 1.165) is 5.01 Å². The first kappa shape index (κ1) is 11.9. The lowest BCUT2D eigenvalue weighted by Gasteiger charge is -2.05. The fraction of sp³-hybridized carbons (Fsp3) is 0.0909. The van der Waals surface area contributed by atoms with Gasteiger partial charge in [-0.2, -0.15) is 0 Å². The van der Waals surface area contributed by atoms with Gasteiger partial charge in [-0.05, 0) is 12.1 Å². The summed E-state index contributed by atoms with van der Waals surface area (Å²) in [4.78, 5) is 4.75. The summed E-state index contributed by atoms with van der Waals surface area (Å²) in [7, 11) is 0. The number of nitrogen functional groups attached to an aromatic ring is 1. The molecule has 88 valence electrons. The van der Waals surface area contributed by atoms with Crippen molar-refractivity contribution in [1.29, 1.82) is 5.41 Å². The number of benzene rings is 1. The van der Waals surface area contributed by atoms with Crippen molar-refractivity contribution in [1.82, 2.24) is 4.98 Å². The molecule has 17 heavy (non-hydrogen) atoms. The van der Waals surface area contributed by atoms with Gasteiger partial charge in [-0.15, -0.1) is 11.3 Å². The molecule has 0 saturated carbocycles. The zero-order chi connectivity index (χ0) is 12.3. The third kappa shape index (κ3) is 2.95. The van der Waals surface area contributed by atoms with Crippen LogP contribution >= 0.6 is 22.9 Å². The molecule has 0 bridgehead atoms. The lowest BCUT2D eigenvalue weighted by molar-refractivity contribution is 0.306. The van der Waals surface area contributed by atoms with Gasteiger partial charge >= 0.3 is 0 Å². The van der Waals surface area contributed by atoms with E-state index in [2.05, 4.69) is 4.98 Å². The Kier molecular flexibility index (Phi) is 3.61. The van der Waals surface area contributed by atoms with Crippen molar-refractivity contribution >= 4 is 28.8 Å². The van der Waals surface area contributed by atoms with E-state index in [1.807, 2.05) is 12.1 Å². The number of nitrogens with one attached hydrogen (secondary N) is 1. The van der Waals surface area contributed by atoms with Crippen molar-refractivity contribution in [3.8, 4) is 5.75 Å². The largest absolute Gasteiger partial charge is 0.485 e. The number of nitrogens with two attached hydrogens (primary N) is 1. The molecule has 2 rings (SSSR count). The summed E-state index contributed by atoms with van der Waals surface area (Å²) in [6, 6.07) is 7.25. The second kappa shape index (κ2) is 5.16. The number of ether oxygens (including phenoxy) is 1. The predicted molar refractivity (Wildman–Crippen MR) is 68.9 cm³/mol. The maximum absolute atomic E-state index is 7.27. The molecule has 1 aromatic heterocycles. The SMILES string of the molecule is N=C(N)c1cnc(COc2ccccc2Cl)s1. The van der Waals surface area contributed by atoms with Crippen molar-refractivity contribution < 1.29 is 4.74 Å². The van der Waals surface area contributed by atoms with Crippen molar-refractivity contribution in [2.24, 2.45) is 5.73 Å². The Morgan fingerprint density at radius 1 is 1.47 bits per heavy atom. The van der Waals surface area contributed by atoms with Gasteiger partial charge in [0.2, 0.25) is 0 Å². The van der Waals surface area contributed by atoms with Gasteiger partial charge in [-0.25, -0.2) is 4.98 Å². The molecule has 0 radical (unpaired) electrons. The first-order valence-corrected chi connectivity index (χ1v) is 6.02. The Labute approximate surface area is 108 Å². The fourth-order valence-electron chi connectivity index (χ4n) is 1.20. The molecule has 0 aliphatic carbocycles. The highest BCUT2D eigenvalue weighted by Gasteiger charge is 2.06. The van der Waals surface area contributed by atoms with Crippen molar-refractivity contribution in [2.45, 2.75) is 6.61 Å². The van der Waals surface area contributed by atoms with E-state index in [0.29, 0.717) is 22.3 Å². The number of amidine groups is 1. The van der Waals surface area contributed by atoms with Gasteiger partial charge in [0.05, 0.1) is 9.90 Å². The third-order valence-corrected chi connectivity index (χ3v) is 3.32. The zero-order valence-electron chi connectivity index (χ0n) is 8.81. The molecule has 3 N–H and O–H groups in total. The lowest BCUT2D eigenvalue weighted by Crippen LogP contribution is -2.08. The smallest absolute Gasteiger partial charge is 0.140 e. The van der Waals surface area contributed by atoms with Crippen LogP contribution in [0.5, 0.6) is 5.75 Å². The summed E-state index contributed by atoms with van der Waals surface area (Å²) in [5, 5.41) is 8.59. The molecule has 1 aromatic carbocycles. The fourth-order valence-corrected chi connectivity index (χ4v) is 2.09. The molecule has 0 fully saturated rings. The highest BCUT2D eigenvalue weighted by atomic mass is 35.5. The average Bonchev–Trinajstić information content (AvgIpc) is 2.77. The maximum Gasteiger partial charge on any atom is 0.140 e. The van der Waals surface area contributed by atoms with Crippen LogP contribution in [0, 0.1) is 5.41 Å². The van der Waals surface area contributed by atoms with Crippen LogP contribution in [-0.4, -0.2) is 10.8 Å². The Morgan fingerprint density at radius 3 is 2.88 bits per heavy atom. The van der Waals surface area contributed by atoms with Crippen LogP contribution < -0.4 is 10.5 Å². The molecule has 0 unspecified atom stereocenters. The van der Waals surface area contributed by atoms with E-state index in [1.54, 1.807) is 18.3 Å². The van der Waals surface area contributed by atoms with Gasteiger partial charge in [-0.1, -0.05) is 23.7 Å². The van der Waals surface area contributed by atoms with Gasteiger partial charge in [0.15, 0.2) is 0 Å². The molecule has 1 heterocycles. The molecule has 0 amide bonds. The summed E-state index contributed by atoms with van der Waals surface area (Å²) >= 11 is 7.29. The molecule has 6 heteroatoms. The van der Waals surface area contributed by atoms with Crippen LogP contribution in [0.15, 0.2) is 30.5 Å². The molecule has 4 nitrogen and oxygen atoms in total. The quantitative estimate of drug-likeness (QED) is 0.661. The van der Waals surface area contributed by atoms with Crippen LogP contribution in [-0.2, 0) is 6.61 Å². The average molecular weight is 268 g/mol. The molecule has 0 saturated heterocycles. The van der Waals surface area contributed by atoms with Crippen LogP contribution in [0.2, 0.25) is 5.02 Å². The predicted octanol–water partition coefficient (Wildman–Crippen LogP) is 2.66. The van der Waals surface area contributed by atoms with E-state index in [4.69, 9.17) is 27.5 Å². The third-order valence-electron chi connectivity index (χ3n) is 2.01. The van der Waals surface area contributed by atoms with E-state index in [9.17, 15) is 0 Å². The number of aromatic nitrogens is 1. The molecule has 2 aromatic rings. The maximum atomic E-state index is 7.27. The minimum absolute atomic E-state index is 0.0199. The van der Waals surface area contributed by atoms with E-state index in [1.165, 1.54) is 11.3 Å². The lowest BCUT2D eigenvalue weighted by atomic mass is 10.3. The monoisotopic (exact) mass is 267 g/mol. The second-order valence-corrected chi connectivity index (χ2v) is 4.77. The minimum atomic E-state index is 0.0199. The van der Waals surface area contributed by atoms with Crippen molar-refractivity contribution in [2.75, 3.05) is 0 Å². The van der Waals surface area contributed by atoms with E-state index < -0.39 is 0 Å². The summed E-state index contributed by atoms with van der Waals surface area (Å²) < 4.78 is 5.52.